The fourth-order valence-corrected chi connectivity index (χ4v) is 3.61. The van der Waals surface area contributed by atoms with Crippen molar-refractivity contribution in [3.8, 4) is 0 Å². The van der Waals surface area contributed by atoms with Crippen molar-refractivity contribution in [2.24, 2.45) is 5.73 Å². The number of nitrogens with zero attached hydrogens (tertiary/aromatic N) is 2. The number of rotatable bonds is 5. The molecule has 2 rings (SSSR count). The Morgan fingerprint density at radius 1 is 1.39 bits per heavy atom. The summed E-state index contributed by atoms with van der Waals surface area (Å²) >= 11 is 1.79. The maximum absolute atomic E-state index is 8.96. The smallest absolute Gasteiger partial charge is 0.0591 e. The van der Waals surface area contributed by atoms with E-state index >= 15 is 0 Å². The number of piperazine rings is 1. The number of aliphatic hydroxyl groups is 1. The van der Waals surface area contributed by atoms with Crippen molar-refractivity contribution < 1.29 is 5.11 Å². The predicted molar refractivity (Wildman–Crippen MR) is 75.8 cm³/mol. The van der Waals surface area contributed by atoms with Gasteiger partial charge in [0.15, 0.2) is 0 Å². The van der Waals surface area contributed by atoms with Gasteiger partial charge in [-0.3, -0.25) is 9.80 Å². The molecule has 1 aliphatic heterocycles. The van der Waals surface area contributed by atoms with Gasteiger partial charge in [-0.1, -0.05) is 6.07 Å². The van der Waals surface area contributed by atoms with Crippen LogP contribution in [0.25, 0.3) is 0 Å². The molecule has 5 heteroatoms. The summed E-state index contributed by atoms with van der Waals surface area (Å²) in [5.74, 6) is 0. The van der Waals surface area contributed by atoms with Crippen molar-refractivity contribution >= 4 is 11.3 Å². The van der Waals surface area contributed by atoms with E-state index in [1.54, 1.807) is 11.3 Å². The molecule has 102 valence electrons. The lowest BCUT2D eigenvalue weighted by Gasteiger charge is -2.40. The Bertz CT molecular complexity index is 334. The Kier molecular flexibility index (Phi) is 5.14. The van der Waals surface area contributed by atoms with Crippen LogP contribution in [0.15, 0.2) is 17.5 Å². The molecule has 2 atom stereocenters. The second kappa shape index (κ2) is 6.63. The highest BCUT2D eigenvalue weighted by Gasteiger charge is 2.27. The molecular formula is C13H23N3OS. The second-order valence-electron chi connectivity index (χ2n) is 4.92. The van der Waals surface area contributed by atoms with Gasteiger partial charge < -0.3 is 10.8 Å². The maximum atomic E-state index is 8.96. The lowest BCUT2D eigenvalue weighted by Crippen LogP contribution is -2.51. The molecule has 4 nitrogen and oxygen atoms in total. The van der Waals surface area contributed by atoms with E-state index in [0.717, 1.165) is 32.7 Å². The molecule has 1 aromatic rings. The summed E-state index contributed by atoms with van der Waals surface area (Å²) in [6.45, 7) is 7.24. The van der Waals surface area contributed by atoms with Crippen LogP contribution in [0, 0.1) is 0 Å². The van der Waals surface area contributed by atoms with Gasteiger partial charge in [0.2, 0.25) is 0 Å². The summed E-state index contributed by atoms with van der Waals surface area (Å²) in [5, 5.41) is 11.1. The zero-order chi connectivity index (χ0) is 13.0. The highest BCUT2D eigenvalue weighted by atomic mass is 32.1. The van der Waals surface area contributed by atoms with E-state index in [2.05, 4.69) is 34.2 Å². The largest absolute Gasteiger partial charge is 0.395 e. The van der Waals surface area contributed by atoms with E-state index in [4.69, 9.17) is 10.8 Å². The van der Waals surface area contributed by atoms with Gasteiger partial charge in [-0.05, 0) is 18.4 Å². The first-order chi connectivity index (χ1) is 8.72. The minimum absolute atomic E-state index is 0.146. The summed E-state index contributed by atoms with van der Waals surface area (Å²) in [6, 6.07) is 4.75. The normalized spacial score (nSPS) is 21.9. The van der Waals surface area contributed by atoms with Gasteiger partial charge >= 0.3 is 0 Å². The zero-order valence-electron chi connectivity index (χ0n) is 11.0. The first kappa shape index (κ1) is 14.0. The molecule has 0 saturated carbocycles. The summed E-state index contributed by atoms with van der Waals surface area (Å²) in [6.07, 6.45) is 0. The van der Waals surface area contributed by atoms with Crippen molar-refractivity contribution in [3.63, 3.8) is 0 Å². The van der Waals surface area contributed by atoms with Crippen molar-refractivity contribution in [1.82, 2.24) is 9.80 Å². The highest BCUT2D eigenvalue weighted by Crippen LogP contribution is 2.28. The van der Waals surface area contributed by atoms with E-state index in [-0.39, 0.29) is 12.6 Å². The number of β-amino-alcohol motifs (C(OH)–C–C–N with tert-alkyl or cyclic N) is 1. The lowest BCUT2D eigenvalue weighted by atomic mass is 10.1. The molecule has 1 saturated heterocycles. The Labute approximate surface area is 113 Å². The summed E-state index contributed by atoms with van der Waals surface area (Å²) < 4.78 is 0. The summed E-state index contributed by atoms with van der Waals surface area (Å²) in [4.78, 5) is 6.15. The van der Waals surface area contributed by atoms with Gasteiger partial charge in [-0.25, -0.2) is 0 Å². The van der Waals surface area contributed by atoms with Crippen LogP contribution in [-0.2, 0) is 0 Å². The standard InChI is InChI=1S/C13H23N3OS/c1-11(14)13(12-3-2-10-18-12)16-6-4-15(5-7-16)8-9-17/h2-3,10-11,13,17H,4-9,14H2,1H3. The van der Waals surface area contributed by atoms with Crippen molar-refractivity contribution in [3.05, 3.63) is 22.4 Å². The van der Waals surface area contributed by atoms with Crippen LogP contribution in [0.5, 0.6) is 0 Å². The van der Waals surface area contributed by atoms with Crippen LogP contribution in [0.3, 0.4) is 0 Å². The number of hydrogen-bond acceptors (Lipinski definition) is 5. The number of aliphatic hydroxyl groups excluding tert-OH is 1. The molecule has 0 amide bonds. The molecular weight excluding hydrogens is 246 g/mol. The molecule has 0 bridgehead atoms. The van der Waals surface area contributed by atoms with Crippen LogP contribution in [0.1, 0.15) is 17.8 Å². The van der Waals surface area contributed by atoms with Gasteiger partial charge in [-0.15, -0.1) is 11.3 Å². The molecule has 2 heterocycles. The monoisotopic (exact) mass is 269 g/mol. The minimum atomic E-state index is 0.146. The van der Waals surface area contributed by atoms with E-state index in [1.807, 2.05) is 0 Å². The fraction of sp³-hybridized carbons (Fsp3) is 0.692. The Balaban J connectivity index is 1.97. The molecule has 2 unspecified atom stereocenters. The SMILES string of the molecule is CC(N)C(c1cccs1)N1CCN(CCO)CC1. The number of thiophene rings is 1. The Morgan fingerprint density at radius 3 is 2.61 bits per heavy atom. The topological polar surface area (TPSA) is 52.7 Å². The van der Waals surface area contributed by atoms with Crippen LogP contribution in [0.2, 0.25) is 0 Å². The van der Waals surface area contributed by atoms with Gasteiger partial charge in [0.05, 0.1) is 12.6 Å². The predicted octanol–water partition coefficient (Wildman–Crippen LogP) is 0.746. The van der Waals surface area contributed by atoms with Gasteiger partial charge in [-0.2, -0.15) is 0 Å². The minimum Gasteiger partial charge on any atom is -0.395 e. The molecule has 3 N–H and O–H groups in total. The molecule has 0 aliphatic carbocycles. The quantitative estimate of drug-likeness (QED) is 0.828. The van der Waals surface area contributed by atoms with E-state index in [1.165, 1.54) is 4.88 Å². The average molecular weight is 269 g/mol. The zero-order valence-corrected chi connectivity index (χ0v) is 11.8. The van der Waals surface area contributed by atoms with E-state index < -0.39 is 0 Å². The Hall–Kier alpha value is -0.460. The van der Waals surface area contributed by atoms with Gasteiger partial charge in [0, 0.05) is 43.6 Å². The van der Waals surface area contributed by atoms with Crippen LogP contribution >= 0.6 is 11.3 Å². The van der Waals surface area contributed by atoms with Gasteiger partial charge in [0.1, 0.15) is 0 Å². The molecule has 18 heavy (non-hydrogen) atoms. The third kappa shape index (κ3) is 3.30. The van der Waals surface area contributed by atoms with Crippen molar-refractivity contribution in [1.29, 1.82) is 0 Å². The maximum Gasteiger partial charge on any atom is 0.0591 e. The van der Waals surface area contributed by atoms with Crippen LogP contribution in [-0.4, -0.2) is 60.3 Å². The first-order valence-corrected chi connectivity index (χ1v) is 7.46. The Morgan fingerprint density at radius 2 is 2.11 bits per heavy atom. The first-order valence-electron chi connectivity index (χ1n) is 6.58. The fourth-order valence-electron chi connectivity index (χ4n) is 2.64. The highest BCUT2D eigenvalue weighted by molar-refractivity contribution is 7.10. The summed E-state index contributed by atoms with van der Waals surface area (Å²) in [5.41, 5.74) is 6.16. The van der Waals surface area contributed by atoms with Crippen LogP contribution in [0.4, 0.5) is 0 Å². The van der Waals surface area contributed by atoms with E-state index in [9.17, 15) is 0 Å². The second-order valence-corrected chi connectivity index (χ2v) is 5.90. The third-order valence-corrected chi connectivity index (χ3v) is 4.49. The lowest BCUT2D eigenvalue weighted by molar-refractivity contribution is 0.0772. The number of hydrogen-bond donors (Lipinski definition) is 2. The third-order valence-electron chi connectivity index (χ3n) is 3.55. The molecule has 0 spiro atoms. The molecule has 1 aromatic heterocycles. The van der Waals surface area contributed by atoms with Gasteiger partial charge in [0.25, 0.3) is 0 Å². The van der Waals surface area contributed by atoms with E-state index in [0.29, 0.717) is 6.04 Å². The molecule has 0 aromatic carbocycles. The summed E-state index contributed by atoms with van der Waals surface area (Å²) in [7, 11) is 0. The van der Waals surface area contributed by atoms with Crippen LogP contribution < -0.4 is 5.73 Å². The molecule has 0 radical (unpaired) electrons. The van der Waals surface area contributed by atoms with Crippen molar-refractivity contribution in [2.75, 3.05) is 39.3 Å². The molecule has 1 aliphatic rings. The number of nitrogens with two attached hydrogens (primary N) is 1. The molecule has 1 fully saturated rings. The van der Waals surface area contributed by atoms with Crippen molar-refractivity contribution in [2.45, 2.75) is 19.0 Å². The average Bonchev–Trinajstić information content (AvgIpc) is 2.85.